The van der Waals surface area contributed by atoms with Crippen LogP contribution in [-0.2, 0) is 19.1 Å². The predicted octanol–water partition coefficient (Wildman–Crippen LogP) is 3.42. The molecule has 134 valence electrons. The van der Waals surface area contributed by atoms with E-state index >= 15 is 0 Å². The number of hydrogen-bond acceptors (Lipinski definition) is 4. The molecule has 8 unspecified atom stereocenters. The van der Waals surface area contributed by atoms with E-state index in [0.717, 1.165) is 25.7 Å². The largest absolute Gasteiger partial charge is 0.451 e. The summed E-state index contributed by atoms with van der Waals surface area (Å²) >= 11 is 0. The summed E-state index contributed by atoms with van der Waals surface area (Å²) in [6, 6.07) is 0. The van der Waals surface area contributed by atoms with Crippen LogP contribution in [0.5, 0.6) is 0 Å². The molecule has 5 fully saturated rings. The van der Waals surface area contributed by atoms with Crippen molar-refractivity contribution in [2.45, 2.75) is 56.1 Å². The Morgan fingerprint density at radius 1 is 0.960 bits per heavy atom. The molecule has 5 saturated carbocycles. The summed E-state index contributed by atoms with van der Waals surface area (Å²) in [5, 5.41) is 0. The van der Waals surface area contributed by atoms with E-state index in [2.05, 4.69) is 13.2 Å². The summed E-state index contributed by atoms with van der Waals surface area (Å²) in [5.74, 6) is 2.02. The molecule has 8 atom stereocenters. The maximum Gasteiger partial charge on any atom is 0.330 e. The fraction of sp³-hybridized carbons (Fsp3) is 0.714. The Hall–Kier alpha value is -1.58. The van der Waals surface area contributed by atoms with Crippen molar-refractivity contribution in [3.63, 3.8) is 0 Å². The average Bonchev–Trinajstić information content (AvgIpc) is 3.37. The van der Waals surface area contributed by atoms with Gasteiger partial charge >= 0.3 is 11.9 Å². The van der Waals surface area contributed by atoms with Crippen LogP contribution in [0.25, 0.3) is 0 Å². The monoisotopic (exact) mass is 342 g/mol. The maximum absolute atomic E-state index is 12.3. The highest BCUT2D eigenvalue weighted by Gasteiger charge is 2.84. The minimum atomic E-state index is -0.646. The average molecular weight is 342 g/mol. The van der Waals surface area contributed by atoms with Crippen LogP contribution in [0.3, 0.4) is 0 Å². The highest BCUT2D eigenvalue weighted by Crippen LogP contribution is 2.78. The molecule has 5 rings (SSSR count). The van der Waals surface area contributed by atoms with E-state index in [1.165, 1.54) is 31.4 Å². The third-order valence-corrected chi connectivity index (χ3v) is 8.35. The molecule has 0 radical (unpaired) electrons. The molecule has 25 heavy (non-hydrogen) atoms. The molecule has 4 bridgehead atoms. The summed E-state index contributed by atoms with van der Waals surface area (Å²) in [5.41, 5.74) is -1.27. The highest BCUT2D eigenvalue weighted by molar-refractivity contribution is 5.83. The first-order valence-electron chi connectivity index (χ1n) is 9.78. The number of ether oxygens (including phenoxy) is 2. The summed E-state index contributed by atoms with van der Waals surface area (Å²) < 4.78 is 12.4. The normalized spacial score (nSPS) is 51.0. The molecule has 5 aliphatic carbocycles. The number of carbonyl (C=O) groups is 2. The molecule has 5 aliphatic rings. The van der Waals surface area contributed by atoms with E-state index < -0.39 is 11.2 Å². The van der Waals surface area contributed by atoms with Gasteiger partial charge in [0.2, 0.25) is 0 Å². The Balaban J connectivity index is 1.67. The Bertz CT molecular complexity index is 669. The molecular weight excluding hydrogens is 316 g/mol. The van der Waals surface area contributed by atoms with Gasteiger partial charge in [-0.3, -0.25) is 0 Å². The van der Waals surface area contributed by atoms with Gasteiger partial charge in [0.25, 0.3) is 0 Å². The Kier molecular flexibility index (Phi) is 3.12. The second-order valence-corrected chi connectivity index (χ2v) is 8.80. The van der Waals surface area contributed by atoms with Crippen molar-refractivity contribution >= 4 is 11.9 Å². The van der Waals surface area contributed by atoms with Gasteiger partial charge in [-0.2, -0.15) is 0 Å². The van der Waals surface area contributed by atoms with Gasteiger partial charge in [-0.1, -0.05) is 19.6 Å². The SMILES string of the molecule is C=CC(=O)OC12CC(C3CCCC31)C1C3CCC(C3)C12OC(=O)C=C. The Labute approximate surface area is 148 Å². The molecule has 0 heterocycles. The van der Waals surface area contributed by atoms with Crippen LogP contribution < -0.4 is 0 Å². The molecule has 0 spiro atoms. The third kappa shape index (κ3) is 1.64. The molecule has 0 saturated heterocycles. The minimum absolute atomic E-state index is 0.315. The lowest BCUT2D eigenvalue weighted by Gasteiger charge is -2.54. The quantitative estimate of drug-likeness (QED) is 0.446. The molecule has 0 amide bonds. The van der Waals surface area contributed by atoms with Crippen molar-refractivity contribution < 1.29 is 19.1 Å². The maximum atomic E-state index is 12.3. The number of fused-ring (bicyclic) bond motifs is 12. The first kappa shape index (κ1) is 15.7. The van der Waals surface area contributed by atoms with Crippen LogP contribution in [0.4, 0.5) is 0 Å². The van der Waals surface area contributed by atoms with E-state index in [9.17, 15) is 9.59 Å². The smallest absolute Gasteiger partial charge is 0.330 e. The Morgan fingerprint density at radius 2 is 1.72 bits per heavy atom. The van der Waals surface area contributed by atoms with Gasteiger partial charge < -0.3 is 9.47 Å². The lowest BCUT2D eigenvalue weighted by molar-refractivity contribution is -0.243. The second kappa shape index (κ2) is 4.99. The molecular formula is C21H26O4. The molecule has 0 N–H and O–H groups in total. The van der Waals surface area contributed by atoms with Crippen molar-refractivity contribution in [3.8, 4) is 0 Å². The van der Waals surface area contributed by atoms with Crippen LogP contribution in [0.1, 0.15) is 44.9 Å². The number of carbonyl (C=O) groups excluding carboxylic acids is 2. The van der Waals surface area contributed by atoms with Crippen molar-refractivity contribution in [1.82, 2.24) is 0 Å². The van der Waals surface area contributed by atoms with E-state index in [1.54, 1.807) is 0 Å². The lowest BCUT2D eigenvalue weighted by Crippen LogP contribution is -2.66. The van der Waals surface area contributed by atoms with Crippen molar-refractivity contribution in [2.75, 3.05) is 0 Å². The van der Waals surface area contributed by atoms with E-state index in [-0.39, 0.29) is 11.9 Å². The zero-order valence-electron chi connectivity index (χ0n) is 14.6. The van der Waals surface area contributed by atoms with Gasteiger partial charge in [0.05, 0.1) is 0 Å². The van der Waals surface area contributed by atoms with Crippen molar-refractivity contribution in [1.29, 1.82) is 0 Å². The van der Waals surface area contributed by atoms with Crippen LogP contribution in [0.15, 0.2) is 25.3 Å². The standard InChI is InChI=1S/C21H26O4/c1-3-17(22)24-20-11-15(14-6-5-7-16(14)20)19-12-8-9-13(10-12)21(19,20)25-18(23)4-2/h3-4,12-16,19H,1-2,5-11H2. The van der Waals surface area contributed by atoms with Crippen LogP contribution >= 0.6 is 0 Å². The van der Waals surface area contributed by atoms with Gasteiger partial charge in [0.15, 0.2) is 11.2 Å². The fourth-order valence-corrected chi connectivity index (χ4v) is 8.09. The molecule has 0 aromatic carbocycles. The van der Waals surface area contributed by atoms with Gasteiger partial charge in [-0.15, -0.1) is 0 Å². The number of esters is 2. The van der Waals surface area contributed by atoms with Crippen LogP contribution in [-0.4, -0.2) is 23.1 Å². The van der Waals surface area contributed by atoms with Crippen molar-refractivity contribution in [3.05, 3.63) is 25.3 Å². The van der Waals surface area contributed by atoms with Gasteiger partial charge in [-0.05, 0) is 56.3 Å². The fourth-order valence-electron chi connectivity index (χ4n) is 8.09. The Morgan fingerprint density at radius 3 is 2.48 bits per heavy atom. The minimum Gasteiger partial charge on any atom is -0.451 e. The van der Waals surface area contributed by atoms with E-state index in [4.69, 9.17) is 9.47 Å². The predicted molar refractivity (Wildman–Crippen MR) is 91.3 cm³/mol. The van der Waals surface area contributed by atoms with Crippen molar-refractivity contribution in [2.24, 2.45) is 35.5 Å². The zero-order chi connectivity index (χ0) is 17.4. The molecule has 0 aromatic rings. The van der Waals surface area contributed by atoms with Crippen LogP contribution in [0.2, 0.25) is 0 Å². The van der Waals surface area contributed by atoms with E-state index in [0.29, 0.717) is 35.5 Å². The van der Waals surface area contributed by atoms with E-state index in [1.807, 2.05) is 0 Å². The van der Waals surface area contributed by atoms with Crippen LogP contribution in [0, 0.1) is 35.5 Å². The highest BCUT2D eigenvalue weighted by atomic mass is 16.6. The molecule has 0 aromatic heterocycles. The third-order valence-electron chi connectivity index (χ3n) is 8.35. The van der Waals surface area contributed by atoms with Gasteiger partial charge in [-0.25, -0.2) is 9.59 Å². The summed E-state index contributed by atoms with van der Waals surface area (Å²) in [6.07, 6.45) is 10.3. The first-order valence-corrected chi connectivity index (χ1v) is 9.78. The molecule has 4 heteroatoms. The number of hydrogen-bond donors (Lipinski definition) is 0. The summed E-state index contributed by atoms with van der Waals surface area (Å²) in [4.78, 5) is 24.7. The molecule has 4 nitrogen and oxygen atoms in total. The second-order valence-electron chi connectivity index (χ2n) is 8.80. The van der Waals surface area contributed by atoms with Gasteiger partial charge in [0.1, 0.15) is 0 Å². The van der Waals surface area contributed by atoms with Gasteiger partial charge in [0, 0.05) is 29.9 Å². The lowest BCUT2D eigenvalue weighted by atomic mass is 9.59. The summed E-state index contributed by atoms with van der Waals surface area (Å²) in [7, 11) is 0. The first-order chi connectivity index (χ1) is 12.1. The zero-order valence-corrected chi connectivity index (χ0v) is 14.6. The topological polar surface area (TPSA) is 52.6 Å². The number of rotatable bonds is 4. The summed E-state index contributed by atoms with van der Waals surface area (Å²) in [6.45, 7) is 7.21. The molecule has 0 aliphatic heterocycles.